The maximum absolute atomic E-state index is 11.9. The van der Waals surface area contributed by atoms with Gasteiger partial charge in [-0.2, -0.15) is 0 Å². The summed E-state index contributed by atoms with van der Waals surface area (Å²) >= 11 is 0. The van der Waals surface area contributed by atoms with Gasteiger partial charge in [-0.15, -0.1) is 0 Å². The first-order valence-corrected chi connectivity index (χ1v) is 5.82. The number of hydrogen-bond donors (Lipinski definition) is 2. The van der Waals surface area contributed by atoms with E-state index in [0.29, 0.717) is 6.54 Å². The number of esters is 1. The Kier molecular flexibility index (Phi) is 4.66. The number of nitrogens with zero attached hydrogens (tertiary/aromatic N) is 1. The zero-order valence-corrected chi connectivity index (χ0v) is 10.5. The Balaban J connectivity index is 2.64. The summed E-state index contributed by atoms with van der Waals surface area (Å²) in [4.78, 5) is 35.4. The van der Waals surface area contributed by atoms with Gasteiger partial charge in [0.15, 0.2) is 6.04 Å². The van der Waals surface area contributed by atoms with Crippen molar-refractivity contribution < 1.29 is 24.2 Å². The maximum Gasteiger partial charge on any atom is 0.332 e. The van der Waals surface area contributed by atoms with Gasteiger partial charge in [0.1, 0.15) is 0 Å². The zero-order chi connectivity index (χ0) is 13.9. The summed E-state index contributed by atoms with van der Waals surface area (Å²) in [6, 6.07) is -1.37. The van der Waals surface area contributed by atoms with Crippen molar-refractivity contribution in [2.24, 2.45) is 17.6 Å². The maximum atomic E-state index is 11.9. The molecule has 7 heteroatoms. The van der Waals surface area contributed by atoms with Gasteiger partial charge in [-0.05, 0) is 12.8 Å². The first kappa shape index (κ1) is 14.4. The van der Waals surface area contributed by atoms with Gasteiger partial charge >= 0.3 is 11.9 Å². The number of carboxylic acid groups (broad SMARTS) is 1. The lowest BCUT2D eigenvalue weighted by Crippen LogP contribution is -2.48. The summed E-state index contributed by atoms with van der Waals surface area (Å²) in [7, 11) is 0. The minimum absolute atomic E-state index is 0.0858. The van der Waals surface area contributed by atoms with Crippen LogP contribution in [0.2, 0.25) is 0 Å². The Morgan fingerprint density at radius 1 is 1.44 bits per heavy atom. The zero-order valence-electron chi connectivity index (χ0n) is 10.5. The average molecular weight is 258 g/mol. The van der Waals surface area contributed by atoms with Crippen LogP contribution in [0.5, 0.6) is 0 Å². The van der Waals surface area contributed by atoms with Crippen LogP contribution >= 0.6 is 0 Å². The second-order valence-electron chi connectivity index (χ2n) is 4.39. The smallest absolute Gasteiger partial charge is 0.332 e. The molecule has 1 heterocycles. The molecule has 1 fully saturated rings. The fourth-order valence-electron chi connectivity index (χ4n) is 2.00. The molecule has 0 aromatic rings. The molecule has 7 nitrogen and oxygen atoms in total. The Morgan fingerprint density at radius 3 is 2.50 bits per heavy atom. The molecule has 1 rings (SSSR count). The summed E-state index contributed by atoms with van der Waals surface area (Å²) in [6.07, 6.45) is 0. The molecule has 102 valence electrons. The van der Waals surface area contributed by atoms with Crippen LogP contribution in [0.3, 0.4) is 0 Å². The highest BCUT2D eigenvalue weighted by atomic mass is 16.5. The summed E-state index contributed by atoms with van der Waals surface area (Å²) in [5.74, 6) is -3.07. The summed E-state index contributed by atoms with van der Waals surface area (Å²) < 4.78 is 4.66. The van der Waals surface area contributed by atoms with Crippen molar-refractivity contribution in [2.75, 3.05) is 19.7 Å². The second kappa shape index (κ2) is 5.81. The normalized spacial score (nSPS) is 24.7. The Hall–Kier alpha value is -1.63. The van der Waals surface area contributed by atoms with E-state index in [2.05, 4.69) is 4.74 Å². The Morgan fingerprint density at radius 2 is 2.06 bits per heavy atom. The highest BCUT2D eigenvalue weighted by Crippen LogP contribution is 2.23. The molecule has 1 aliphatic heterocycles. The van der Waals surface area contributed by atoms with Crippen molar-refractivity contribution in [1.82, 2.24) is 4.90 Å². The number of carbonyl (C=O) groups is 3. The van der Waals surface area contributed by atoms with Crippen molar-refractivity contribution >= 4 is 17.8 Å². The first-order valence-electron chi connectivity index (χ1n) is 5.82. The van der Waals surface area contributed by atoms with Crippen molar-refractivity contribution in [3.8, 4) is 0 Å². The minimum Gasteiger partial charge on any atom is -0.481 e. The van der Waals surface area contributed by atoms with Gasteiger partial charge in [0.2, 0.25) is 0 Å². The van der Waals surface area contributed by atoms with E-state index >= 15 is 0 Å². The molecule has 0 radical (unpaired) electrons. The number of ether oxygens (including phenoxy) is 1. The quantitative estimate of drug-likeness (QED) is 0.497. The van der Waals surface area contributed by atoms with Gasteiger partial charge in [0, 0.05) is 13.1 Å². The number of likely N-dealkylation sites (tertiary alicyclic amines) is 1. The third-order valence-electron chi connectivity index (χ3n) is 3.05. The molecule has 0 aromatic carbocycles. The van der Waals surface area contributed by atoms with Crippen molar-refractivity contribution in [2.45, 2.75) is 19.9 Å². The number of rotatable bonds is 4. The molecule has 3 N–H and O–H groups in total. The third kappa shape index (κ3) is 2.98. The molecular formula is C11H18N2O5. The SMILES string of the molecule is CCOC(=O)C(N)C(=O)N1C[C@@H](C)[C@H](C(=O)O)C1. The molecule has 0 aliphatic carbocycles. The predicted octanol–water partition coefficient (Wildman–Crippen LogP) is -0.944. The monoisotopic (exact) mass is 258 g/mol. The summed E-state index contributed by atoms with van der Waals surface area (Å²) in [6.45, 7) is 3.90. The molecule has 0 saturated carbocycles. The van der Waals surface area contributed by atoms with Gasteiger partial charge in [0.05, 0.1) is 12.5 Å². The molecule has 1 unspecified atom stereocenters. The molecule has 1 saturated heterocycles. The molecule has 3 atom stereocenters. The largest absolute Gasteiger partial charge is 0.481 e. The van der Waals surface area contributed by atoms with E-state index in [0.717, 1.165) is 0 Å². The van der Waals surface area contributed by atoms with Crippen molar-refractivity contribution in [1.29, 1.82) is 0 Å². The van der Waals surface area contributed by atoms with E-state index in [9.17, 15) is 14.4 Å². The Labute approximate surface area is 105 Å². The highest BCUT2D eigenvalue weighted by Gasteiger charge is 2.39. The van der Waals surface area contributed by atoms with Crippen LogP contribution in [0.1, 0.15) is 13.8 Å². The lowest BCUT2D eigenvalue weighted by Gasteiger charge is -2.19. The minimum atomic E-state index is -1.37. The fraction of sp³-hybridized carbons (Fsp3) is 0.727. The summed E-state index contributed by atoms with van der Waals surface area (Å²) in [5.41, 5.74) is 5.48. The van der Waals surface area contributed by atoms with Crippen LogP contribution in [-0.2, 0) is 19.1 Å². The number of aliphatic carboxylic acids is 1. The van der Waals surface area contributed by atoms with Crippen LogP contribution in [0.25, 0.3) is 0 Å². The number of carboxylic acids is 1. The van der Waals surface area contributed by atoms with Crippen LogP contribution in [0.4, 0.5) is 0 Å². The van der Waals surface area contributed by atoms with Crippen LogP contribution in [-0.4, -0.2) is 53.6 Å². The number of nitrogens with two attached hydrogens (primary N) is 1. The predicted molar refractivity (Wildman–Crippen MR) is 61.5 cm³/mol. The van der Waals surface area contributed by atoms with Crippen LogP contribution in [0, 0.1) is 11.8 Å². The molecule has 18 heavy (non-hydrogen) atoms. The van der Waals surface area contributed by atoms with Crippen LogP contribution < -0.4 is 5.73 Å². The van der Waals surface area contributed by atoms with Gasteiger partial charge in [-0.25, -0.2) is 4.79 Å². The Bertz CT molecular complexity index is 357. The topological polar surface area (TPSA) is 110 Å². The van der Waals surface area contributed by atoms with Crippen molar-refractivity contribution in [3.63, 3.8) is 0 Å². The number of hydrogen-bond acceptors (Lipinski definition) is 5. The van der Waals surface area contributed by atoms with E-state index in [1.807, 2.05) is 0 Å². The van der Waals surface area contributed by atoms with E-state index in [4.69, 9.17) is 10.8 Å². The van der Waals surface area contributed by atoms with E-state index in [-0.39, 0.29) is 19.1 Å². The average Bonchev–Trinajstić information content (AvgIpc) is 2.69. The van der Waals surface area contributed by atoms with E-state index < -0.39 is 29.8 Å². The molecule has 0 bridgehead atoms. The standard InChI is InChI=1S/C11H18N2O5/c1-3-18-11(17)8(12)9(14)13-4-6(2)7(5-13)10(15)16/h6-8H,3-5,12H2,1-2H3,(H,15,16)/t6-,7-,8?/m1/s1. The van der Waals surface area contributed by atoms with Gasteiger partial charge in [-0.1, -0.05) is 6.92 Å². The van der Waals surface area contributed by atoms with E-state index in [1.54, 1.807) is 13.8 Å². The van der Waals surface area contributed by atoms with Gasteiger partial charge in [-0.3, -0.25) is 9.59 Å². The first-order chi connectivity index (χ1) is 8.38. The summed E-state index contributed by atoms with van der Waals surface area (Å²) in [5, 5.41) is 8.95. The fourth-order valence-corrected chi connectivity index (χ4v) is 2.00. The highest BCUT2D eigenvalue weighted by molar-refractivity contribution is 6.02. The molecule has 1 amide bonds. The van der Waals surface area contributed by atoms with E-state index in [1.165, 1.54) is 4.90 Å². The lowest BCUT2D eigenvalue weighted by molar-refractivity contribution is -0.150. The van der Waals surface area contributed by atoms with Gasteiger partial charge in [0.25, 0.3) is 5.91 Å². The van der Waals surface area contributed by atoms with Crippen molar-refractivity contribution in [3.05, 3.63) is 0 Å². The lowest BCUT2D eigenvalue weighted by atomic mass is 9.99. The molecule has 0 aromatic heterocycles. The van der Waals surface area contributed by atoms with Gasteiger partial charge < -0.3 is 20.5 Å². The van der Waals surface area contributed by atoms with Crippen LogP contribution in [0.15, 0.2) is 0 Å². The number of amides is 1. The molecule has 1 aliphatic rings. The second-order valence-corrected chi connectivity index (χ2v) is 4.39. The number of carbonyl (C=O) groups excluding carboxylic acids is 2. The molecular weight excluding hydrogens is 240 g/mol. The molecule has 0 spiro atoms. The third-order valence-corrected chi connectivity index (χ3v) is 3.05.